The maximum absolute atomic E-state index is 5.86. The van der Waals surface area contributed by atoms with Crippen LogP contribution in [0.25, 0.3) is 10.8 Å². The minimum absolute atomic E-state index is 0. The van der Waals surface area contributed by atoms with E-state index in [1.807, 2.05) is 48.5 Å². The molecule has 0 spiro atoms. The van der Waals surface area contributed by atoms with E-state index in [0.717, 1.165) is 17.9 Å². The Morgan fingerprint density at radius 1 is 0.920 bits per heavy atom. The molecule has 0 radical (unpaired) electrons. The Bertz CT molecular complexity index is 821. The van der Waals surface area contributed by atoms with Crippen molar-refractivity contribution < 1.29 is 4.74 Å². The van der Waals surface area contributed by atoms with Gasteiger partial charge in [-0.2, -0.15) is 0 Å². The lowest BCUT2D eigenvalue weighted by Gasteiger charge is -2.07. The van der Waals surface area contributed by atoms with Crippen molar-refractivity contribution in [1.29, 1.82) is 0 Å². The van der Waals surface area contributed by atoms with Crippen molar-refractivity contribution >= 4 is 46.4 Å². The SMILES string of the molecule is I.NC(=NCCCOc1ccc2ccccc2c1)Nc1ccccc1. The van der Waals surface area contributed by atoms with Crippen molar-refractivity contribution in [3.63, 3.8) is 0 Å². The van der Waals surface area contributed by atoms with E-state index < -0.39 is 0 Å². The Kier molecular flexibility index (Phi) is 7.53. The Morgan fingerprint density at radius 2 is 1.64 bits per heavy atom. The zero-order valence-electron chi connectivity index (χ0n) is 13.9. The van der Waals surface area contributed by atoms with Gasteiger partial charge in [0.1, 0.15) is 5.75 Å². The van der Waals surface area contributed by atoms with Crippen molar-refractivity contribution in [2.75, 3.05) is 18.5 Å². The van der Waals surface area contributed by atoms with Gasteiger partial charge in [0.15, 0.2) is 5.96 Å². The Hall–Kier alpha value is -2.28. The van der Waals surface area contributed by atoms with Gasteiger partial charge in [0.2, 0.25) is 0 Å². The Morgan fingerprint density at radius 3 is 2.44 bits per heavy atom. The average Bonchev–Trinajstić information content (AvgIpc) is 2.62. The monoisotopic (exact) mass is 447 g/mol. The number of halogens is 1. The first-order valence-corrected chi connectivity index (χ1v) is 8.05. The second-order valence-electron chi connectivity index (χ2n) is 5.47. The van der Waals surface area contributed by atoms with Gasteiger partial charge in [-0.15, -0.1) is 24.0 Å². The van der Waals surface area contributed by atoms with Crippen molar-refractivity contribution in [3.05, 3.63) is 72.8 Å². The molecule has 0 bridgehead atoms. The number of hydrogen-bond acceptors (Lipinski definition) is 2. The summed E-state index contributed by atoms with van der Waals surface area (Å²) in [5.74, 6) is 1.31. The fourth-order valence-electron chi connectivity index (χ4n) is 2.42. The third-order valence-electron chi connectivity index (χ3n) is 3.62. The molecule has 0 amide bonds. The number of hydrogen-bond donors (Lipinski definition) is 2. The summed E-state index contributed by atoms with van der Waals surface area (Å²) in [7, 11) is 0. The van der Waals surface area contributed by atoms with E-state index in [1.165, 1.54) is 10.8 Å². The van der Waals surface area contributed by atoms with Crippen LogP contribution in [0.15, 0.2) is 77.8 Å². The second-order valence-corrected chi connectivity index (χ2v) is 5.47. The number of ether oxygens (including phenoxy) is 1. The number of anilines is 1. The maximum Gasteiger partial charge on any atom is 0.193 e. The van der Waals surface area contributed by atoms with E-state index in [2.05, 4.69) is 34.6 Å². The van der Waals surface area contributed by atoms with Gasteiger partial charge in [0, 0.05) is 18.7 Å². The molecule has 130 valence electrons. The van der Waals surface area contributed by atoms with Gasteiger partial charge in [-0.05, 0) is 35.0 Å². The smallest absolute Gasteiger partial charge is 0.193 e. The number of aliphatic imine (C=N–C) groups is 1. The average molecular weight is 447 g/mol. The first kappa shape index (κ1) is 19.1. The van der Waals surface area contributed by atoms with Crippen LogP contribution in [0.2, 0.25) is 0 Å². The van der Waals surface area contributed by atoms with E-state index in [1.54, 1.807) is 0 Å². The minimum Gasteiger partial charge on any atom is -0.494 e. The van der Waals surface area contributed by atoms with Gasteiger partial charge in [-0.3, -0.25) is 4.99 Å². The van der Waals surface area contributed by atoms with Gasteiger partial charge in [-0.1, -0.05) is 48.5 Å². The molecule has 0 aliphatic heterocycles. The van der Waals surface area contributed by atoms with Crippen LogP contribution >= 0.6 is 24.0 Å². The number of nitrogens with two attached hydrogens (primary N) is 1. The van der Waals surface area contributed by atoms with Crippen LogP contribution in [-0.2, 0) is 0 Å². The van der Waals surface area contributed by atoms with Crippen LogP contribution in [0, 0.1) is 0 Å². The van der Waals surface area contributed by atoms with E-state index in [4.69, 9.17) is 10.5 Å². The van der Waals surface area contributed by atoms with Gasteiger partial charge in [0.25, 0.3) is 0 Å². The highest BCUT2D eigenvalue weighted by molar-refractivity contribution is 14.0. The van der Waals surface area contributed by atoms with Crippen LogP contribution in [0.5, 0.6) is 5.75 Å². The predicted octanol–water partition coefficient (Wildman–Crippen LogP) is 4.65. The van der Waals surface area contributed by atoms with Crippen molar-refractivity contribution in [2.24, 2.45) is 10.7 Å². The highest BCUT2D eigenvalue weighted by Gasteiger charge is 1.97. The molecule has 3 rings (SSSR count). The summed E-state index contributed by atoms with van der Waals surface area (Å²) in [5.41, 5.74) is 6.80. The molecule has 0 fully saturated rings. The molecule has 3 aromatic rings. The zero-order valence-corrected chi connectivity index (χ0v) is 16.2. The summed E-state index contributed by atoms with van der Waals surface area (Å²) in [6, 6.07) is 24.1. The number of guanidine groups is 1. The van der Waals surface area contributed by atoms with Gasteiger partial charge in [0.05, 0.1) is 6.61 Å². The molecule has 0 saturated carbocycles. The molecule has 0 saturated heterocycles. The van der Waals surface area contributed by atoms with E-state index >= 15 is 0 Å². The van der Waals surface area contributed by atoms with Gasteiger partial charge in [-0.25, -0.2) is 0 Å². The second kappa shape index (κ2) is 9.88. The Balaban J connectivity index is 0.00000225. The highest BCUT2D eigenvalue weighted by Crippen LogP contribution is 2.20. The Labute approximate surface area is 165 Å². The normalized spacial score (nSPS) is 11.0. The summed E-state index contributed by atoms with van der Waals surface area (Å²) in [4.78, 5) is 4.30. The summed E-state index contributed by atoms with van der Waals surface area (Å²) in [5, 5.41) is 5.46. The first-order valence-electron chi connectivity index (χ1n) is 8.05. The fraction of sp³-hybridized carbons (Fsp3) is 0.150. The quantitative estimate of drug-likeness (QED) is 0.250. The standard InChI is InChI=1S/C20H21N3O.HI/c21-20(23-18-9-2-1-3-10-18)22-13-6-14-24-19-12-11-16-7-4-5-8-17(16)15-19;/h1-5,7-12,15H,6,13-14H2,(H3,21,22,23);1H. The largest absolute Gasteiger partial charge is 0.494 e. The molecule has 3 N–H and O–H groups in total. The van der Waals surface area contributed by atoms with E-state index in [-0.39, 0.29) is 24.0 Å². The molecule has 0 aromatic heterocycles. The first-order chi connectivity index (χ1) is 11.8. The van der Waals surface area contributed by atoms with Crippen molar-refractivity contribution in [2.45, 2.75) is 6.42 Å². The van der Waals surface area contributed by atoms with Crippen LogP contribution in [0.3, 0.4) is 0 Å². The molecule has 25 heavy (non-hydrogen) atoms. The molecule has 5 heteroatoms. The lowest BCUT2D eigenvalue weighted by Crippen LogP contribution is -2.23. The number of nitrogens with one attached hydrogen (secondary N) is 1. The van der Waals surface area contributed by atoms with Gasteiger partial charge < -0.3 is 15.8 Å². The van der Waals surface area contributed by atoms with Crippen LogP contribution in [0.1, 0.15) is 6.42 Å². The number of para-hydroxylation sites is 1. The van der Waals surface area contributed by atoms with Crippen LogP contribution in [0.4, 0.5) is 5.69 Å². The third kappa shape index (κ3) is 5.94. The number of benzene rings is 3. The molecule has 0 aliphatic carbocycles. The summed E-state index contributed by atoms with van der Waals surface area (Å²) in [6.45, 7) is 1.24. The highest BCUT2D eigenvalue weighted by atomic mass is 127. The number of fused-ring (bicyclic) bond motifs is 1. The lowest BCUT2D eigenvalue weighted by atomic mass is 10.1. The third-order valence-corrected chi connectivity index (χ3v) is 3.62. The van der Waals surface area contributed by atoms with Crippen molar-refractivity contribution in [1.82, 2.24) is 0 Å². The van der Waals surface area contributed by atoms with Gasteiger partial charge >= 0.3 is 0 Å². The molecule has 0 aliphatic rings. The maximum atomic E-state index is 5.86. The van der Waals surface area contributed by atoms with E-state index in [0.29, 0.717) is 19.1 Å². The zero-order chi connectivity index (χ0) is 16.6. The molecular formula is C20H22IN3O. The van der Waals surface area contributed by atoms with Crippen molar-refractivity contribution in [3.8, 4) is 5.75 Å². The minimum atomic E-state index is 0. The van der Waals surface area contributed by atoms with Crippen LogP contribution in [-0.4, -0.2) is 19.1 Å². The summed E-state index contributed by atoms with van der Waals surface area (Å²) < 4.78 is 5.78. The molecule has 0 atom stereocenters. The summed E-state index contributed by atoms with van der Waals surface area (Å²) in [6.07, 6.45) is 0.810. The molecular weight excluding hydrogens is 425 g/mol. The number of nitrogens with zero attached hydrogens (tertiary/aromatic N) is 1. The molecule has 0 unspecified atom stereocenters. The predicted molar refractivity (Wildman–Crippen MR) is 116 cm³/mol. The number of rotatable bonds is 6. The summed E-state index contributed by atoms with van der Waals surface area (Å²) >= 11 is 0. The van der Waals surface area contributed by atoms with Crippen LogP contribution < -0.4 is 15.8 Å². The molecule has 3 aromatic carbocycles. The topological polar surface area (TPSA) is 59.6 Å². The fourth-order valence-corrected chi connectivity index (χ4v) is 2.42. The molecule has 4 nitrogen and oxygen atoms in total. The van der Waals surface area contributed by atoms with E-state index in [9.17, 15) is 0 Å². The lowest BCUT2D eigenvalue weighted by molar-refractivity contribution is 0.314. The molecule has 0 heterocycles.